The number of nitrogens with zero attached hydrogens (tertiary/aromatic N) is 1. The number of pyridine rings is 1. The molecular formula is C13H17BrN2O. The Hall–Kier alpha value is -0.900. The van der Waals surface area contributed by atoms with Gasteiger partial charge in [-0.1, -0.05) is 13.3 Å². The average Bonchev–Trinajstić information content (AvgIpc) is 2.27. The third-order valence-corrected chi connectivity index (χ3v) is 3.86. The molecule has 1 aromatic heterocycles. The minimum absolute atomic E-state index is 0.139. The Morgan fingerprint density at radius 3 is 2.76 bits per heavy atom. The summed E-state index contributed by atoms with van der Waals surface area (Å²) >= 11 is 3.37. The van der Waals surface area contributed by atoms with Crippen molar-refractivity contribution < 1.29 is 4.79 Å². The van der Waals surface area contributed by atoms with Crippen LogP contribution in [0.1, 0.15) is 38.3 Å². The molecule has 1 heterocycles. The Balaban J connectivity index is 2.19. The lowest BCUT2D eigenvalue weighted by Gasteiger charge is -2.39. The molecule has 0 atom stereocenters. The van der Waals surface area contributed by atoms with Crippen molar-refractivity contribution in [1.82, 2.24) is 10.3 Å². The fourth-order valence-corrected chi connectivity index (χ4v) is 2.43. The first-order valence-electron chi connectivity index (χ1n) is 6.09. The minimum atomic E-state index is -0.365. The van der Waals surface area contributed by atoms with Gasteiger partial charge in [-0.3, -0.25) is 9.78 Å². The van der Waals surface area contributed by atoms with Gasteiger partial charge in [0, 0.05) is 17.2 Å². The second kappa shape index (κ2) is 5.17. The van der Waals surface area contributed by atoms with E-state index >= 15 is 0 Å². The first kappa shape index (κ1) is 12.6. The van der Waals surface area contributed by atoms with E-state index in [1.165, 1.54) is 0 Å². The van der Waals surface area contributed by atoms with Crippen molar-refractivity contribution in [2.45, 2.75) is 38.0 Å². The fourth-order valence-electron chi connectivity index (χ4n) is 2.20. The summed E-state index contributed by atoms with van der Waals surface area (Å²) in [5.74, 6) is 0.139. The Morgan fingerprint density at radius 1 is 1.53 bits per heavy atom. The molecular weight excluding hydrogens is 280 g/mol. The molecule has 2 rings (SSSR count). The van der Waals surface area contributed by atoms with E-state index in [2.05, 4.69) is 33.2 Å². The van der Waals surface area contributed by atoms with Crippen molar-refractivity contribution in [1.29, 1.82) is 0 Å². The maximum Gasteiger partial charge on any atom is 0.232 e. The Labute approximate surface area is 110 Å². The van der Waals surface area contributed by atoms with Crippen molar-refractivity contribution in [2.75, 3.05) is 6.54 Å². The van der Waals surface area contributed by atoms with E-state index in [-0.39, 0.29) is 11.3 Å². The zero-order chi connectivity index (χ0) is 12.3. The predicted molar refractivity (Wildman–Crippen MR) is 70.8 cm³/mol. The van der Waals surface area contributed by atoms with Crippen molar-refractivity contribution in [2.24, 2.45) is 0 Å². The Kier molecular flexibility index (Phi) is 3.82. The number of hydrogen-bond acceptors (Lipinski definition) is 2. The van der Waals surface area contributed by atoms with Crippen LogP contribution in [-0.2, 0) is 10.2 Å². The van der Waals surface area contributed by atoms with Gasteiger partial charge in [-0.2, -0.15) is 0 Å². The van der Waals surface area contributed by atoms with Crippen LogP contribution in [0.25, 0.3) is 0 Å². The molecule has 0 radical (unpaired) electrons. The fraction of sp³-hybridized carbons (Fsp3) is 0.538. The van der Waals surface area contributed by atoms with Gasteiger partial charge < -0.3 is 5.32 Å². The quantitative estimate of drug-likeness (QED) is 0.928. The molecule has 4 heteroatoms. The molecule has 3 nitrogen and oxygen atoms in total. The highest BCUT2D eigenvalue weighted by Gasteiger charge is 2.46. The molecule has 0 aromatic carbocycles. The van der Waals surface area contributed by atoms with Gasteiger partial charge in [-0.05, 0) is 47.3 Å². The first-order valence-corrected chi connectivity index (χ1v) is 6.89. The number of halogens is 1. The van der Waals surface area contributed by atoms with E-state index < -0.39 is 0 Å². The molecule has 0 unspecified atom stereocenters. The highest BCUT2D eigenvalue weighted by molar-refractivity contribution is 9.10. The lowest BCUT2D eigenvalue weighted by Crippen LogP contribution is -2.49. The summed E-state index contributed by atoms with van der Waals surface area (Å²) in [4.78, 5) is 16.6. The highest BCUT2D eigenvalue weighted by Crippen LogP contribution is 2.43. The summed E-state index contributed by atoms with van der Waals surface area (Å²) < 4.78 is 0.949. The molecule has 0 aliphatic heterocycles. The van der Waals surface area contributed by atoms with Gasteiger partial charge >= 0.3 is 0 Å². The van der Waals surface area contributed by atoms with Crippen molar-refractivity contribution >= 4 is 21.8 Å². The molecule has 17 heavy (non-hydrogen) atoms. The van der Waals surface area contributed by atoms with Crippen LogP contribution < -0.4 is 5.32 Å². The number of carbonyl (C=O) groups excluding carboxylic acids is 1. The molecule has 92 valence electrons. The largest absolute Gasteiger partial charge is 0.355 e. The number of amides is 1. The number of carbonyl (C=O) groups is 1. The highest BCUT2D eigenvalue weighted by atomic mass is 79.9. The lowest BCUT2D eigenvalue weighted by atomic mass is 9.65. The molecule has 1 N–H and O–H groups in total. The Morgan fingerprint density at radius 2 is 2.29 bits per heavy atom. The lowest BCUT2D eigenvalue weighted by molar-refractivity contribution is -0.130. The van der Waals surface area contributed by atoms with Crippen molar-refractivity contribution in [3.63, 3.8) is 0 Å². The van der Waals surface area contributed by atoms with Gasteiger partial charge in [0.25, 0.3) is 0 Å². The van der Waals surface area contributed by atoms with E-state index in [4.69, 9.17) is 0 Å². The molecule has 1 aromatic rings. The van der Waals surface area contributed by atoms with Gasteiger partial charge in [-0.15, -0.1) is 0 Å². The molecule has 1 fully saturated rings. The summed E-state index contributed by atoms with van der Waals surface area (Å²) in [5.41, 5.74) is 0.538. The maximum absolute atomic E-state index is 12.2. The van der Waals surface area contributed by atoms with E-state index in [0.717, 1.165) is 42.4 Å². The minimum Gasteiger partial charge on any atom is -0.355 e. The zero-order valence-electron chi connectivity index (χ0n) is 10.0. The van der Waals surface area contributed by atoms with Crippen LogP contribution in [0, 0.1) is 0 Å². The number of nitrogens with one attached hydrogen (secondary N) is 1. The van der Waals surface area contributed by atoms with Crippen LogP contribution in [0.5, 0.6) is 0 Å². The van der Waals surface area contributed by atoms with Crippen LogP contribution >= 0.6 is 15.9 Å². The molecule has 1 aliphatic carbocycles. The number of aromatic nitrogens is 1. The van der Waals surface area contributed by atoms with Gasteiger partial charge in [0.2, 0.25) is 5.91 Å². The molecule has 0 saturated heterocycles. The van der Waals surface area contributed by atoms with Crippen LogP contribution in [-0.4, -0.2) is 17.4 Å². The van der Waals surface area contributed by atoms with Crippen LogP contribution in [0.2, 0.25) is 0 Å². The van der Waals surface area contributed by atoms with E-state index in [0.29, 0.717) is 0 Å². The standard InChI is InChI=1S/C13H17BrN2O/c1-2-8-15-12(17)13(6-3-7-13)11-5-4-10(14)9-16-11/h4-5,9H,2-3,6-8H2,1H3,(H,15,17). The summed E-state index contributed by atoms with van der Waals surface area (Å²) in [7, 11) is 0. The van der Waals surface area contributed by atoms with Gasteiger partial charge in [0.05, 0.1) is 11.1 Å². The predicted octanol–water partition coefficient (Wildman–Crippen LogP) is 2.79. The van der Waals surface area contributed by atoms with Crippen molar-refractivity contribution in [3.05, 3.63) is 28.5 Å². The SMILES string of the molecule is CCCNC(=O)C1(c2ccc(Br)cn2)CCC1. The third kappa shape index (κ3) is 2.37. The third-order valence-electron chi connectivity index (χ3n) is 3.40. The molecule has 1 saturated carbocycles. The van der Waals surface area contributed by atoms with E-state index in [1.807, 2.05) is 12.1 Å². The number of hydrogen-bond donors (Lipinski definition) is 1. The molecule has 1 amide bonds. The topological polar surface area (TPSA) is 42.0 Å². The maximum atomic E-state index is 12.2. The Bertz CT molecular complexity index is 398. The summed E-state index contributed by atoms with van der Waals surface area (Å²) in [6.45, 7) is 2.81. The van der Waals surface area contributed by atoms with E-state index in [9.17, 15) is 4.79 Å². The van der Waals surface area contributed by atoms with Gasteiger partial charge in [-0.25, -0.2) is 0 Å². The zero-order valence-corrected chi connectivity index (χ0v) is 11.6. The first-order chi connectivity index (χ1) is 8.19. The molecule has 0 spiro atoms. The number of rotatable bonds is 4. The normalized spacial score (nSPS) is 17.3. The van der Waals surface area contributed by atoms with Gasteiger partial charge in [0.1, 0.15) is 0 Å². The second-order valence-corrected chi connectivity index (χ2v) is 5.47. The van der Waals surface area contributed by atoms with Crippen LogP contribution in [0.3, 0.4) is 0 Å². The van der Waals surface area contributed by atoms with Crippen LogP contribution in [0.15, 0.2) is 22.8 Å². The monoisotopic (exact) mass is 296 g/mol. The summed E-state index contributed by atoms with van der Waals surface area (Å²) in [5, 5.41) is 3.00. The molecule has 1 aliphatic rings. The average molecular weight is 297 g/mol. The van der Waals surface area contributed by atoms with Crippen LogP contribution in [0.4, 0.5) is 0 Å². The van der Waals surface area contributed by atoms with Gasteiger partial charge in [0.15, 0.2) is 0 Å². The smallest absolute Gasteiger partial charge is 0.232 e. The van der Waals surface area contributed by atoms with E-state index in [1.54, 1.807) is 6.20 Å². The molecule has 0 bridgehead atoms. The second-order valence-electron chi connectivity index (χ2n) is 4.55. The van der Waals surface area contributed by atoms with Crippen molar-refractivity contribution in [3.8, 4) is 0 Å². The summed E-state index contributed by atoms with van der Waals surface area (Å²) in [6.07, 6.45) is 5.67. The summed E-state index contributed by atoms with van der Waals surface area (Å²) in [6, 6.07) is 3.91.